The molecule has 0 aliphatic heterocycles. The minimum absolute atomic E-state index is 0.135. The monoisotopic (exact) mass is 266 g/mol. The molecule has 0 amide bonds. The van der Waals surface area contributed by atoms with E-state index in [0.717, 1.165) is 4.47 Å². The molecule has 0 aliphatic rings. The van der Waals surface area contributed by atoms with Gasteiger partial charge in [-0.2, -0.15) is 5.10 Å². The third-order valence-electron chi connectivity index (χ3n) is 1.70. The van der Waals surface area contributed by atoms with Crippen LogP contribution >= 0.6 is 15.9 Å². The lowest BCUT2D eigenvalue weighted by atomic mass is 10.4. The highest BCUT2D eigenvalue weighted by Gasteiger charge is 2.10. The molecule has 2 rings (SSSR count). The highest BCUT2D eigenvalue weighted by molar-refractivity contribution is 9.10. The number of nitrogen functional groups attached to an aromatic ring is 1. The van der Waals surface area contributed by atoms with E-state index >= 15 is 0 Å². The van der Waals surface area contributed by atoms with E-state index in [2.05, 4.69) is 31.0 Å². The summed E-state index contributed by atoms with van der Waals surface area (Å²) in [5.41, 5.74) is 5.70. The van der Waals surface area contributed by atoms with Crippen molar-refractivity contribution in [3.05, 3.63) is 35.0 Å². The molecule has 6 nitrogen and oxygen atoms in total. The molecule has 15 heavy (non-hydrogen) atoms. The fourth-order valence-electron chi connectivity index (χ4n) is 1.11. The Labute approximate surface area is 93.8 Å². The lowest BCUT2D eigenvalue weighted by Gasteiger charge is -2.04. The second-order valence-electron chi connectivity index (χ2n) is 2.75. The first-order valence-electron chi connectivity index (χ1n) is 4.04. The molecule has 0 atom stereocenters. The molecule has 0 aliphatic carbocycles. The predicted octanol–water partition coefficient (Wildman–Crippen LogP) is 0.709. The van der Waals surface area contributed by atoms with Gasteiger partial charge in [-0.1, -0.05) is 0 Å². The molecule has 2 heterocycles. The lowest BCUT2D eigenvalue weighted by Crippen LogP contribution is -2.18. The van der Waals surface area contributed by atoms with Gasteiger partial charge in [-0.25, -0.2) is 14.6 Å². The minimum atomic E-state index is -0.135. The normalized spacial score (nSPS) is 10.2. The highest BCUT2D eigenvalue weighted by atomic mass is 79.9. The van der Waals surface area contributed by atoms with E-state index in [1.165, 1.54) is 17.1 Å². The van der Waals surface area contributed by atoms with Gasteiger partial charge in [-0.3, -0.25) is 5.41 Å². The van der Waals surface area contributed by atoms with Crippen LogP contribution in [0.1, 0.15) is 5.69 Å². The van der Waals surface area contributed by atoms with Crippen LogP contribution in [0, 0.1) is 5.41 Å². The van der Waals surface area contributed by atoms with Crippen molar-refractivity contribution in [2.24, 2.45) is 5.73 Å². The van der Waals surface area contributed by atoms with Crippen molar-refractivity contribution in [1.29, 1.82) is 5.41 Å². The third-order valence-corrected chi connectivity index (χ3v) is 2.11. The maximum atomic E-state index is 7.35. The highest BCUT2D eigenvalue weighted by Crippen LogP contribution is 2.12. The summed E-state index contributed by atoms with van der Waals surface area (Å²) in [6.07, 6.45) is 6.35. The van der Waals surface area contributed by atoms with Crippen molar-refractivity contribution in [3.63, 3.8) is 0 Å². The molecular weight excluding hydrogens is 260 g/mol. The van der Waals surface area contributed by atoms with Crippen LogP contribution in [0.3, 0.4) is 0 Å². The summed E-state index contributed by atoms with van der Waals surface area (Å²) in [4.78, 5) is 8.06. The molecule has 3 N–H and O–H groups in total. The smallest absolute Gasteiger partial charge is 0.183 e. The van der Waals surface area contributed by atoms with Crippen LogP contribution in [0.2, 0.25) is 0 Å². The molecule has 0 aromatic carbocycles. The van der Waals surface area contributed by atoms with Gasteiger partial charge >= 0.3 is 0 Å². The van der Waals surface area contributed by atoms with Crippen molar-refractivity contribution < 1.29 is 0 Å². The van der Waals surface area contributed by atoms with Gasteiger partial charge in [0.05, 0.1) is 10.7 Å². The van der Waals surface area contributed by atoms with Gasteiger partial charge in [0.2, 0.25) is 0 Å². The van der Waals surface area contributed by atoms with Gasteiger partial charge < -0.3 is 5.73 Å². The van der Waals surface area contributed by atoms with E-state index in [0.29, 0.717) is 11.5 Å². The van der Waals surface area contributed by atoms with Crippen LogP contribution in [-0.2, 0) is 0 Å². The van der Waals surface area contributed by atoms with E-state index in [1.54, 1.807) is 12.4 Å². The van der Waals surface area contributed by atoms with Crippen molar-refractivity contribution in [3.8, 4) is 5.82 Å². The summed E-state index contributed by atoms with van der Waals surface area (Å²) in [7, 11) is 0. The van der Waals surface area contributed by atoms with E-state index < -0.39 is 0 Å². The van der Waals surface area contributed by atoms with Crippen LogP contribution in [0.15, 0.2) is 29.3 Å². The number of aromatic nitrogens is 4. The van der Waals surface area contributed by atoms with E-state index in [4.69, 9.17) is 11.1 Å². The summed E-state index contributed by atoms with van der Waals surface area (Å²) in [6.45, 7) is 0. The Morgan fingerprint density at radius 2 is 2.13 bits per heavy atom. The van der Waals surface area contributed by atoms with Crippen LogP contribution in [-0.4, -0.2) is 25.6 Å². The molecule has 2 aromatic rings. The second kappa shape index (κ2) is 3.77. The van der Waals surface area contributed by atoms with Gasteiger partial charge in [-0.05, 0) is 15.9 Å². The van der Waals surface area contributed by atoms with Crippen molar-refractivity contribution in [2.45, 2.75) is 0 Å². The van der Waals surface area contributed by atoms with E-state index in [1.807, 2.05) is 0 Å². The molecule has 0 fully saturated rings. The van der Waals surface area contributed by atoms with Crippen molar-refractivity contribution in [1.82, 2.24) is 19.7 Å². The summed E-state index contributed by atoms with van der Waals surface area (Å²) in [6, 6.07) is 0. The van der Waals surface area contributed by atoms with Crippen molar-refractivity contribution in [2.75, 3.05) is 0 Å². The topological polar surface area (TPSA) is 93.5 Å². The number of hydrogen-bond acceptors (Lipinski definition) is 4. The molecular formula is C8H7BrN6. The molecule has 76 valence electrons. The Bertz CT molecular complexity index is 505. The lowest BCUT2D eigenvalue weighted by molar-refractivity contribution is 0.833. The van der Waals surface area contributed by atoms with Crippen LogP contribution in [0.5, 0.6) is 0 Å². The molecule has 0 spiro atoms. The van der Waals surface area contributed by atoms with Crippen LogP contribution < -0.4 is 5.73 Å². The van der Waals surface area contributed by atoms with Crippen molar-refractivity contribution >= 4 is 21.8 Å². The SMILES string of the molecule is N=C(N)c1nccnc1-n1cc(Br)cn1. The first-order valence-corrected chi connectivity index (χ1v) is 4.83. The Morgan fingerprint density at radius 3 is 2.73 bits per heavy atom. The average Bonchev–Trinajstić information content (AvgIpc) is 2.65. The largest absolute Gasteiger partial charge is 0.382 e. The number of nitrogens with zero attached hydrogens (tertiary/aromatic N) is 4. The molecule has 2 aromatic heterocycles. The number of halogens is 1. The number of hydrogen-bond donors (Lipinski definition) is 2. The Morgan fingerprint density at radius 1 is 1.40 bits per heavy atom. The Hall–Kier alpha value is -1.76. The maximum Gasteiger partial charge on any atom is 0.183 e. The fourth-order valence-corrected chi connectivity index (χ4v) is 1.39. The summed E-state index contributed by atoms with van der Waals surface area (Å²) >= 11 is 3.27. The molecule has 0 unspecified atom stereocenters. The fraction of sp³-hybridized carbons (Fsp3) is 0. The van der Waals surface area contributed by atoms with Crippen LogP contribution in [0.4, 0.5) is 0 Å². The predicted molar refractivity (Wildman–Crippen MR) is 57.9 cm³/mol. The zero-order valence-corrected chi connectivity index (χ0v) is 9.14. The maximum absolute atomic E-state index is 7.35. The Balaban J connectivity index is 2.57. The number of nitrogens with two attached hydrogens (primary N) is 1. The van der Waals surface area contributed by atoms with Gasteiger partial charge in [-0.15, -0.1) is 0 Å². The minimum Gasteiger partial charge on any atom is -0.382 e. The Kier molecular flexibility index (Phi) is 2.46. The summed E-state index contributed by atoms with van der Waals surface area (Å²) in [5.74, 6) is 0.306. The number of amidine groups is 1. The molecule has 0 saturated heterocycles. The third kappa shape index (κ3) is 1.86. The van der Waals surface area contributed by atoms with E-state index in [-0.39, 0.29) is 5.84 Å². The second-order valence-corrected chi connectivity index (χ2v) is 3.66. The zero-order valence-electron chi connectivity index (χ0n) is 7.55. The quantitative estimate of drug-likeness (QED) is 0.619. The van der Waals surface area contributed by atoms with Gasteiger partial charge in [0, 0.05) is 18.6 Å². The van der Waals surface area contributed by atoms with Gasteiger partial charge in [0.15, 0.2) is 5.82 Å². The first kappa shape index (κ1) is 9.78. The van der Waals surface area contributed by atoms with Gasteiger partial charge in [0.1, 0.15) is 11.5 Å². The van der Waals surface area contributed by atoms with E-state index in [9.17, 15) is 0 Å². The molecule has 0 bridgehead atoms. The average molecular weight is 267 g/mol. The van der Waals surface area contributed by atoms with Gasteiger partial charge in [0.25, 0.3) is 0 Å². The molecule has 0 saturated carbocycles. The number of nitrogens with one attached hydrogen (secondary N) is 1. The van der Waals surface area contributed by atoms with Crippen LogP contribution in [0.25, 0.3) is 5.82 Å². The molecule has 7 heteroatoms. The summed E-state index contributed by atoms with van der Waals surface area (Å²) < 4.78 is 2.33. The summed E-state index contributed by atoms with van der Waals surface area (Å²) in [5, 5.41) is 11.4. The standard InChI is InChI=1S/C8H7BrN6/c9-5-3-14-15(4-5)8-6(7(10)11)12-1-2-13-8/h1-4H,(H3,10,11). The number of rotatable bonds is 2. The molecule has 0 radical (unpaired) electrons. The zero-order chi connectivity index (χ0) is 10.8. The first-order chi connectivity index (χ1) is 7.18.